The van der Waals surface area contributed by atoms with E-state index >= 15 is 0 Å². The Labute approximate surface area is 108 Å². The molecule has 3 nitrogen and oxygen atoms in total. The Morgan fingerprint density at radius 1 is 1.35 bits per heavy atom. The van der Waals surface area contributed by atoms with Crippen LogP contribution in [0.15, 0.2) is 0 Å². The molecule has 0 bridgehead atoms. The molecule has 0 aliphatic carbocycles. The second-order valence-electron chi connectivity index (χ2n) is 5.15. The smallest absolute Gasteiger partial charge is 0.183 e. The first kappa shape index (κ1) is 12.8. The van der Waals surface area contributed by atoms with Crippen molar-refractivity contribution < 1.29 is 0 Å². The zero-order valence-corrected chi connectivity index (χ0v) is 11.9. The molecule has 0 spiro atoms. The molecule has 1 fully saturated rings. The largest absolute Gasteiger partial charge is 0.361 e. The SMILES string of the molecule is Cc1nc(NCC(C)CN2CCCC2)sc1C. The Balaban J connectivity index is 1.73. The van der Waals surface area contributed by atoms with Gasteiger partial charge in [-0.1, -0.05) is 6.92 Å². The Morgan fingerprint density at radius 2 is 2.06 bits per heavy atom. The number of hydrogen-bond donors (Lipinski definition) is 1. The van der Waals surface area contributed by atoms with Crippen LogP contribution in [0, 0.1) is 19.8 Å². The van der Waals surface area contributed by atoms with E-state index in [1.54, 1.807) is 11.3 Å². The number of rotatable bonds is 5. The van der Waals surface area contributed by atoms with Crippen LogP contribution >= 0.6 is 11.3 Å². The highest BCUT2D eigenvalue weighted by Gasteiger charge is 2.14. The highest BCUT2D eigenvalue weighted by Crippen LogP contribution is 2.21. The maximum Gasteiger partial charge on any atom is 0.183 e. The molecule has 1 atom stereocenters. The van der Waals surface area contributed by atoms with E-state index in [0.29, 0.717) is 5.92 Å². The lowest BCUT2D eigenvalue weighted by atomic mass is 10.2. The average molecular weight is 253 g/mol. The van der Waals surface area contributed by atoms with Crippen LogP contribution < -0.4 is 5.32 Å². The molecular formula is C13H23N3S. The normalized spacial score (nSPS) is 18.5. The first-order valence-electron chi connectivity index (χ1n) is 6.55. The van der Waals surface area contributed by atoms with Crippen LogP contribution in [0.2, 0.25) is 0 Å². The molecule has 0 amide bonds. The maximum absolute atomic E-state index is 4.51. The number of nitrogens with zero attached hydrogens (tertiary/aromatic N) is 2. The van der Waals surface area contributed by atoms with Crippen LogP contribution in [-0.4, -0.2) is 36.1 Å². The van der Waals surface area contributed by atoms with Gasteiger partial charge in [-0.3, -0.25) is 0 Å². The Kier molecular flexibility index (Phi) is 4.40. The lowest BCUT2D eigenvalue weighted by Gasteiger charge is -2.20. The average Bonchev–Trinajstić information content (AvgIpc) is 2.87. The van der Waals surface area contributed by atoms with Crippen molar-refractivity contribution in [1.29, 1.82) is 0 Å². The number of aromatic nitrogens is 1. The monoisotopic (exact) mass is 253 g/mol. The van der Waals surface area contributed by atoms with E-state index in [-0.39, 0.29) is 0 Å². The van der Waals surface area contributed by atoms with E-state index in [0.717, 1.165) is 17.4 Å². The highest BCUT2D eigenvalue weighted by atomic mass is 32.1. The molecule has 4 heteroatoms. The lowest BCUT2D eigenvalue weighted by molar-refractivity contribution is 0.294. The first-order chi connectivity index (χ1) is 8.15. The molecule has 1 aromatic heterocycles. The molecule has 17 heavy (non-hydrogen) atoms. The van der Waals surface area contributed by atoms with E-state index in [9.17, 15) is 0 Å². The number of hydrogen-bond acceptors (Lipinski definition) is 4. The molecule has 2 rings (SSSR count). The van der Waals surface area contributed by atoms with Gasteiger partial charge in [-0.25, -0.2) is 4.98 Å². The van der Waals surface area contributed by atoms with Gasteiger partial charge in [0.25, 0.3) is 0 Å². The predicted octanol–water partition coefficient (Wildman–Crippen LogP) is 2.90. The molecular weight excluding hydrogens is 230 g/mol. The van der Waals surface area contributed by atoms with Gasteiger partial charge in [-0.05, 0) is 45.7 Å². The lowest BCUT2D eigenvalue weighted by Crippen LogP contribution is -2.28. The fraction of sp³-hybridized carbons (Fsp3) is 0.769. The van der Waals surface area contributed by atoms with Gasteiger partial charge >= 0.3 is 0 Å². The minimum absolute atomic E-state index is 0.692. The first-order valence-corrected chi connectivity index (χ1v) is 7.37. The minimum Gasteiger partial charge on any atom is -0.361 e. The van der Waals surface area contributed by atoms with E-state index in [1.165, 1.54) is 37.4 Å². The molecule has 0 radical (unpaired) electrons. The molecule has 2 heterocycles. The Morgan fingerprint density at radius 3 is 2.65 bits per heavy atom. The quantitative estimate of drug-likeness (QED) is 0.874. The highest BCUT2D eigenvalue weighted by molar-refractivity contribution is 7.15. The summed E-state index contributed by atoms with van der Waals surface area (Å²) in [6, 6.07) is 0. The van der Waals surface area contributed by atoms with Gasteiger partial charge in [0.1, 0.15) is 0 Å². The number of nitrogens with one attached hydrogen (secondary N) is 1. The summed E-state index contributed by atoms with van der Waals surface area (Å²) in [7, 11) is 0. The fourth-order valence-electron chi connectivity index (χ4n) is 2.28. The van der Waals surface area contributed by atoms with Gasteiger partial charge in [0.2, 0.25) is 0 Å². The number of aryl methyl sites for hydroxylation is 2. The van der Waals surface area contributed by atoms with Crippen molar-refractivity contribution in [2.75, 3.05) is 31.5 Å². The van der Waals surface area contributed by atoms with Crippen molar-refractivity contribution >= 4 is 16.5 Å². The molecule has 0 saturated carbocycles. The summed E-state index contributed by atoms with van der Waals surface area (Å²) >= 11 is 1.76. The molecule has 1 saturated heterocycles. The summed E-state index contributed by atoms with van der Waals surface area (Å²) in [5.41, 5.74) is 1.16. The van der Waals surface area contributed by atoms with Crippen molar-refractivity contribution in [2.45, 2.75) is 33.6 Å². The molecule has 1 aliphatic heterocycles. The maximum atomic E-state index is 4.51. The minimum atomic E-state index is 0.692. The zero-order valence-electron chi connectivity index (χ0n) is 11.1. The van der Waals surface area contributed by atoms with Gasteiger partial charge in [-0.15, -0.1) is 11.3 Å². The van der Waals surface area contributed by atoms with Crippen LogP contribution in [0.1, 0.15) is 30.3 Å². The summed E-state index contributed by atoms with van der Waals surface area (Å²) in [6.07, 6.45) is 2.76. The standard InChI is InChI=1S/C13H23N3S/c1-10(9-16-6-4-5-7-16)8-14-13-15-11(2)12(3)17-13/h10H,4-9H2,1-3H3,(H,14,15). The van der Waals surface area contributed by atoms with Crippen molar-refractivity contribution in [3.63, 3.8) is 0 Å². The molecule has 96 valence electrons. The fourth-order valence-corrected chi connectivity index (χ4v) is 3.10. The molecule has 1 aliphatic rings. The third-order valence-corrected chi connectivity index (χ3v) is 4.43. The Hall–Kier alpha value is -0.610. The Bertz CT molecular complexity index is 336. The van der Waals surface area contributed by atoms with Crippen molar-refractivity contribution in [3.05, 3.63) is 10.6 Å². The summed E-state index contributed by atoms with van der Waals surface area (Å²) in [5, 5.41) is 4.54. The summed E-state index contributed by atoms with van der Waals surface area (Å²) in [6.45, 7) is 11.4. The third kappa shape index (κ3) is 3.68. The van der Waals surface area contributed by atoms with E-state index < -0.39 is 0 Å². The van der Waals surface area contributed by atoms with Gasteiger partial charge in [0.15, 0.2) is 5.13 Å². The number of anilines is 1. The van der Waals surface area contributed by atoms with Crippen LogP contribution in [0.5, 0.6) is 0 Å². The van der Waals surface area contributed by atoms with E-state index in [2.05, 4.69) is 36.0 Å². The second kappa shape index (κ2) is 5.83. The number of likely N-dealkylation sites (tertiary alicyclic amines) is 1. The second-order valence-corrected chi connectivity index (χ2v) is 6.36. The van der Waals surface area contributed by atoms with Gasteiger partial charge in [-0.2, -0.15) is 0 Å². The summed E-state index contributed by atoms with van der Waals surface area (Å²) in [5.74, 6) is 0.692. The van der Waals surface area contributed by atoms with Gasteiger partial charge in [0, 0.05) is 18.0 Å². The summed E-state index contributed by atoms with van der Waals surface area (Å²) < 4.78 is 0. The van der Waals surface area contributed by atoms with Crippen molar-refractivity contribution in [3.8, 4) is 0 Å². The van der Waals surface area contributed by atoms with Crippen molar-refractivity contribution in [1.82, 2.24) is 9.88 Å². The van der Waals surface area contributed by atoms with Crippen molar-refractivity contribution in [2.24, 2.45) is 5.92 Å². The van der Waals surface area contributed by atoms with Crippen LogP contribution in [0.3, 0.4) is 0 Å². The zero-order chi connectivity index (χ0) is 12.3. The van der Waals surface area contributed by atoms with Gasteiger partial charge in [0.05, 0.1) is 5.69 Å². The molecule has 1 N–H and O–H groups in total. The molecule has 1 unspecified atom stereocenters. The summed E-state index contributed by atoms with van der Waals surface area (Å²) in [4.78, 5) is 8.40. The molecule has 1 aromatic rings. The van der Waals surface area contributed by atoms with Crippen LogP contribution in [0.25, 0.3) is 0 Å². The van der Waals surface area contributed by atoms with Crippen LogP contribution in [0.4, 0.5) is 5.13 Å². The van der Waals surface area contributed by atoms with E-state index in [4.69, 9.17) is 0 Å². The van der Waals surface area contributed by atoms with Crippen LogP contribution in [-0.2, 0) is 0 Å². The topological polar surface area (TPSA) is 28.2 Å². The third-order valence-electron chi connectivity index (χ3n) is 3.40. The molecule has 0 aromatic carbocycles. The van der Waals surface area contributed by atoms with Gasteiger partial charge < -0.3 is 10.2 Å². The number of thiazole rings is 1. The van der Waals surface area contributed by atoms with E-state index in [1.807, 2.05) is 0 Å². The predicted molar refractivity (Wildman–Crippen MR) is 74.9 cm³/mol.